The van der Waals surface area contributed by atoms with Gasteiger partial charge < -0.3 is 42.7 Å². The molecule has 210 valence electrons. The molecule has 0 amide bonds. The van der Waals surface area contributed by atoms with E-state index in [1.807, 2.05) is 0 Å². The van der Waals surface area contributed by atoms with Gasteiger partial charge >= 0.3 is 0 Å². The molecule has 0 bridgehead atoms. The van der Waals surface area contributed by atoms with Crippen molar-refractivity contribution in [3.63, 3.8) is 0 Å². The van der Waals surface area contributed by atoms with Gasteiger partial charge in [-0.25, -0.2) is 0 Å². The number of rotatable bonds is 13. The normalized spacial score (nSPS) is 14.0. The molecule has 0 atom stereocenters. The Kier molecular flexibility index (Phi) is 9.36. The Morgan fingerprint density at radius 1 is 0.923 bits per heavy atom. The number of benzene rings is 2. The molecule has 0 unspecified atom stereocenters. The van der Waals surface area contributed by atoms with Crippen LogP contribution in [0.15, 0.2) is 45.8 Å². The summed E-state index contributed by atoms with van der Waals surface area (Å²) in [7, 11) is 3.15. The van der Waals surface area contributed by atoms with Crippen LogP contribution < -0.4 is 19.6 Å². The summed E-state index contributed by atoms with van der Waals surface area (Å²) in [6.45, 7) is 4.94. The number of ether oxygens (including phenoxy) is 7. The van der Waals surface area contributed by atoms with Crippen LogP contribution in [0.5, 0.6) is 17.2 Å². The SMILES string of the molecule is COCCOCOc1ccc2c(=O)c(-c3cc4c(c(Cl)c3OCOCCOC)OC(C)(C)C=C4O)coc2c1. The number of halogens is 1. The van der Waals surface area contributed by atoms with Crippen LogP contribution in [0.25, 0.3) is 27.9 Å². The molecule has 0 saturated carbocycles. The maximum absolute atomic E-state index is 13.6. The van der Waals surface area contributed by atoms with Crippen LogP contribution in [0.2, 0.25) is 5.02 Å². The standard InChI is InChI=1S/C28H31ClO10/c1-28(2)13-22(30)20-12-19(26(24(29)27(20)39-28)38-16-35-10-8-33-4)21-14-36-23-11-17(5-6-18(23)25(21)31)37-15-34-9-7-32-3/h5-6,11-14,30H,7-10,15-16H2,1-4H3. The Balaban J connectivity index is 1.72. The molecule has 1 N–H and O–H groups in total. The number of aliphatic hydroxyl groups excluding tert-OH is 1. The molecule has 11 heteroatoms. The summed E-state index contributed by atoms with van der Waals surface area (Å²) in [6.07, 6.45) is 2.88. The fourth-order valence-electron chi connectivity index (χ4n) is 3.94. The first-order valence-electron chi connectivity index (χ1n) is 12.2. The van der Waals surface area contributed by atoms with E-state index in [4.69, 9.17) is 49.2 Å². The molecule has 0 radical (unpaired) electrons. The van der Waals surface area contributed by atoms with Crippen molar-refractivity contribution >= 4 is 28.3 Å². The van der Waals surface area contributed by atoms with Crippen LogP contribution in [-0.2, 0) is 18.9 Å². The van der Waals surface area contributed by atoms with Gasteiger partial charge in [-0.05, 0) is 32.0 Å². The largest absolute Gasteiger partial charge is 0.507 e. The number of methoxy groups -OCH3 is 2. The van der Waals surface area contributed by atoms with Gasteiger partial charge in [0.05, 0.1) is 42.9 Å². The van der Waals surface area contributed by atoms with Crippen molar-refractivity contribution in [2.45, 2.75) is 19.4 Å². The molecule has 0 fully saturated rings. The van der Waals surface area contributed by atoms with Gasteiger partial charge in [-0.1, -0.05) is 11.6 Å². The highest BCUT2D eigenvalue weighted by Crippen LogP contribution is 2.49. The summed E-state index contributed by atoms with van der Waals surface area (Å²) >= 11 is 6.75. The summed E-state index contributed by atoms with van der Waals surface area (Å²) in [5, 5.41) is 11.2. The Hall–Kier alpha value is -3.28. The first-order chi connectivity index (χ1) is 18.8. The van der Waals surface area contributed by atoms with E-state index in [9.17, 15) is 9.90 Å². The number of hydrogen-bond donors (Lipinski definition) is 1. The van der Waals surface area contributed by atoms with E-state index in [1.165, 1.54) is 6.26 Å². The van der Waals surface area contributed by atoms with Crippen molar-refractivity contribution in [1.82, 2.24) is 0 Å². The van der Waals surface area contributed by atoms with E-state index in [0.29, 0.717) is 54.3 Å². The van der Waals surface area contributed by atoms with Crippen LogP contribution in [-0.4, -0.2) is 64.9 Å². The second kappa shape index (κ2) is 12.7. The molecule has 3 aromatic rings. The summed E-state index contributed by atoms with van der Waals surface area (Å²) in [5.74, 6) is 0.821. The highest BCUT2D eigenvalue weighted by atomic mass is 35.5. The second-order valence-corrected chi connectivity index (χ2v) is 9.52. The van der Waals surface area contributed by atoms with Crippen LogP contribution in [0.1, 0.15) is 19.4 Å². The second-order valence-electron chi connectivity index (χ2n) is 9.14. The zero-order valence-electron chi connectivity index (χ0n) is 22.2. The van der Waals surface area contributed by atoms with Gasteiger partial charge in [-0.2, -0.15) is 0 Å². The van der Waals surface area contributed by atoms with E-state index in [1.54, 1.807) is 58.4 Å². The number of hydrogen-bond acceptors (Lipinski definition) is 10. The minimum absolute atomic E-state index is 0.0217. The van der Waals surface area contributed by atoms with E-state index >= 15 is 0 Å². The molecule has 1 aromatic heterocycles. The van der Waals surface area contributed by atoms with Gasteiger partial charge in [0.15, 0.2) is 25.1 Å². The lowest BCUT2D eigenvalue weighted by Crippen LogP contribution is -2.29. The number of fused-ring (bicyclic) bond motifs is 2. The molecular weight excluding hydrogens is 532 g/mol. The highest BCUT2D eigenvalue weighted by molar-refractivity contribution is 6.34. The Labute approximate surface area is 230 Å². The van der Waals surface area contributed by atoms with Gasteiger partial charge in [0.2, 0.25) is 5.43 Å². The van der Waals surface area contributed by atoms with Crippen molar-refractivity contribution < 1.29 is 42.7 Å². The fourth-order valence-corrected chi connectivity index (χ4v) is 4.24. The topological polar surface area (TPSA) is 115 Å². The van der Waals surface area contributed by atoms with Crippen molar-refractivity contribution in [3.8, 4) is 28.4 Å². The molecule has 2 heterocycles. The van der Waals surface area contributed by atoms with Crippen LogP contribution in [0.3, 0.4) is 0 Å². The fraction of sp³-hybridized carbons (Fsp3) is 0.393. The Bertz CT molecular complexity index is 1400. The lowest BCUT2D eigenvalue weighted by atomic mass is 9.96. The first-order valence-corrected chi connectivity index (χ1v) is 12.6. The maximum atomic E-state index is 13.6. The van der Waals surface area contributed by atoms with Gasteiger partial charge in [0, 0.05) is 31.9 Å². The highest BCUT2D eigenvalue weighted by Gasteiger charge is 2.32. The Morgan fingerprint density at radius 2 is 1.62 bits per heavy atom. The molecule has 39 heavy (non-hydrogen) atoms. The third kappa shape index (κ3) is 6.66. The molecule has 0 saturated heterocycles. The molecule has 10 nitrogen and oxygen atoms in total. The van der Waals surface area contributed by atoms with Gasteiger partial charge in [0.1, 0.15) is 34.0 Å². The summed E-state index contributed by atoms with van der Waals surface area (Å²) in [6, 6.07) is 6.44. The third-order valence-corrected chi connectivity index (χ3v) is 6.14. The minimum Gasteiger partial charge on any atom is -0.507 e. The van der Waals surface area contributed by atoms with Crippen molar-refractivity contribution in [3.05, 3.63) is 57.4 Å². The zero-order chi connectivity index (χ0) is 28.0. The maximum Gasteiger partial charge on any atom is 0.200 e. The lowest BCUT2D eigenvalue weighted by Gasteiger charge is -2.31. The van der Waals surface area contributed by atoms with Crippen LogP contribution in [0.4, 0.5) is 0 Å². The van der Waals surface area contributed by atoms with Crippen LogP contribution >= 0.6 is 11.6 Å². The predicted molar refractivity (Wildman–Crippen MR) is 145 cm³/mol. The molecule has 1 aliphatic heterocycles. The van der Waals surface area contributed by atoms with E-state index in [0.717, 1.165) is 0 Å². The van der Waals surface area contributed by atoms with Gasteiger partial charge in [0.25, 0.3) is 0 Å². The Morgan fingerprint density at radius 3 is 2.31 bits per heavy atom. The third-order valence-electron chi connectivity index (χ3n) is 5.80. The summed E-state index contributed by atoms with van der Waals surface area (Å²) in [5.41, 5.74) is -0.0292. The lowest BCUT2D eigenvalue weighted by molar-refractivity contribution is -0.00852. The smallest absolute Gasteiger partial charge is 0.200 e. The van der Waals surface area contributed by atoms with Gasteiger partial charge in [-0.3, -0.25) is 4.79 Å². The monoisotopic (exact) mass is 562 g/mol. The molecule has 2 aromatic carbocycles. The molecule has 1 aliphatic rings. The van der Waals surface area contributed by atoms with Crippen molar-refractivity contribution in [1.29, 1.82) is 0 Å². The van der Waals surface area contributed by atoms with Crippen molar-refractivity contribution in [2.75, 3.05) is 54.2 Å². The van der Waals surface area contributed by atoms with Crippen LogP contribution in [0, 0.1) is 0 Å². The molecule has 4 rings (SSSR count). The van der Waals surface area contributed by atoms with E-state index in [2.05, 4.69) is 0 Å². The average molecular weight is 563 g/mol. The quantitative estimate of drug-likeness (QED) is 0.221. The molecule has 0 aliphatic carbocycles. The number of aliphatic hydroxyl groups is 1. The first kappa shape index (κ1) is 28.7. The minimum atomic E-state index is -0.814. The van der Waals surface area contributed by atoms with Crippen molar-refractivity contribution in [2.24, 2.45) is 0 Å². The summed E-state index contributed by atoms with van der Waals surface area (Å²) in [4.78, 5) is 13.6. The summed E-state index contributed by atoms with van der Waals surface area (Å²) < 4.78 is 44.0. The molecular formula is C28H31ClO10. The van der Waals surface area contributed by atoms with E-state index in [-0.39, 0.29) is 46.9 Å². The van der Waals surface area contributed by atoms with E-state index < -0.39 is 5.60 Å². The predicted octanol–water partition coefficient (Wildman–Crippen LogP) is 5.18. The zero-order valence-corrected chi connectivity index (χ0v) is 23.0. The molecule has 0 spiro atoms. The average Bonchev–Trinajstić information content (AvgIpc) is 2.90. The van der Waals surface area contributed by atoms with Gasteiger partial charge in [-0.15, -0.1) is 0 Å².